The van der Waals surface area contributed by atoms with Crippen LogP contribution in [0.2, 0.25) is 0 Å². The molecule has 3 aromatic heterocycles. The number of aryl methyl sites for hydroxylation is 1. The second-order valence-electron chi connectivity index (χ2n) is 7.52. The standard InChI is InChI=1S/C23H20F2N4O/c1-14-10-16(6-7-26-14)23-18-12-17(15-5-8-27-21(25)11-15)19(24)13-20(18)29(28-23)22-4-2-3-9-30-22/h5-8,10-13,22H,2-4,9H2,1H3. The zero-order chi connectivity index (χ0) is 20.7. The Morgan fingerprint density at radius 1 is 1.00 bits per heavy atom. The van der Waals surface area contributed by atoms with E-state index in [1.54, 1.807) is 23.0 Å². The van der Waals surface area contributed by atoms with Gasteiger partial charge in [0.05, 0.1) is 5.52 Å². The first-order chi connectivity index (χ1) is 14.6. The predicted octanol–water partition coefficient (Wildman–Crippen LogP) is 5.45. The van der Waals surface area contributed by atoms with E-state index in [0.29, 0.717) is 23.3 Å². The van der Waals surface area contributed by atoms with Crippen LogP contribution in [0.1, 0.15) is 31.2 Å². The SMILES string of the molecule is Cc1cc(-c2nn(C3CCCCO3)c3cc(F)c(-c4ccnc(F)c4)cc23)ccn1. The van der Waals surface area contributed by atoms with Gasteiger partial charge in [-0.1, -0.05) is 0 Å². The van der Waals surface area contributed by atoms with E-state index in [4.69, 9.17) is 9.84 Å². The van der Waals surface area contributed by atoms with Crippen LogP contribution in [0.25, 0.3) is 33.3 Å². The number of fused-ring (bicyclic) bond motifs is 1. The minimum absolute atomic E-state index is 0.235. The van der Waals surface area contributed by atoms with Crippen LogP contribution < -0.4 is 0 Å². The fourth-order valence-electron chi connectivity index (χ4n) is 3.99. The van der Waals surface area contributed by atoms with E-state index in [-0.39, 0.29) is 6.23 Å². The van der Waals surface area contributed by atoms with Crippen LogP contribution in [-0.4, -0.2) is 26.4 Å². The third kappa shape index (κ3) is 3.35. The summed E-state index contributed by atoms with van der Waals surface area (Å²) in [5.74, 6) is -1.09. The first kappa shape index (κ1) is 18.8. The van der Waals surface area contributed by atoms with Gasteiger partial charge in [0.2, 0.25) is 5.95 Å². The molecule has 4 aromatic rings. The number of halogens is 2. The predicted molar refractivity (Wildman–Crippen MR) is 110 cm³/mol. The molecule has 30 heavy (non-hydrogen) atoms. The summed E-state index contributed by atoms with van der Waals surface area (Å²) >= 11 is 0. The highest BCUT2D eigenvalue weighted by atomic mass is 19.1. The van der Waals surface area contributed by atoms with Gasteiger partial charge in [-0.05, 0) is 56.0 Å². The molecule has 1 atom stereocenters. The lowest BCUT2D eigenvalue weighted by molar-refractivity contribution is -0.0365. The topological polar surface area (TPSA) is 52.8 Å². The third-order valence-electron chi connectivity index (χ3n) is 5.43. The molecule has 1 aliphatic rings. The van der Waals surface area contributed by atoms with Gasteiger partial charge in [0, 0.05) is 53.3 Å². The van der Waals surface area contributed by atoms with Gasteiger partial charge in [0.25, 0.3) is 0 Å². The number of ether oxygens (including phenoxy) is 1. The van der Waals surface area contributed by atoms with Crippen molar-refractivity contribution in [1.29, 1.82) is 0 Å². The van der Waals surface area contributed by atoms with Gasteiger partial charge < -0.3 is 4.74 Å². The molecular weight excluding hydrogens is 386 g/mol. The Bertz CT molecular complexity index is 1230. The number of aromatic nitrogens is 4. The molecule has 1 aromatic carbocycles. The molecule has 152 valence electrons. The fourth-order valence-corrected chi connectivity index (χ4v) is 3.99. The third-order valence-corrected chi connectivity index (χ3v) is 5.43. The molecule has 5 nitrogen and oxygen atoms in total. The normalized spacial score (nSPS) is 16.8. The monoisotopic (exact) mass is 406 g/mol. The molecule has 5 rings (SSSR count). The van der Waals surface area contributed by atoms with E-state index >= 15 is 4.39 Å². The van der Waals surface area contributed by atoms with E-state index in [1.165, 1.54) is 18.3 Å². The maximum Gasteiger partial charge on any atom is 0.213 e. The average molecular weight is 406 g/mol. The molecule has 0 N–H and O–H groups in total. The van der Waals surface area contributed by atoms with Crippen molar-refractivity contribution in [1.82, 2.24) is 19.7 Å². The summed E-state index contributed by atoms with van der Waals surface area (Å²) in [6, 6.07) is 9.86. The number of nitrogens with zero attached hydrogens (tertiary/aromatic N) is 4. The number of hydrogen-bond donors (Lipinski definition) is 0. The molecule has 0 bridgehead atoms. The molecule has 7 heteroatoms. The minimum Gasteiger partial charge on any atom is -0.356 e. The van der Waals surface area contributed by atoms with Crippen molar-refractivity contribution in [3.8, 4) is 22.4 Å². The zero-order valence-corrected chi connectivity index (χ0v) is 16.5. The number of benzene rings is 1. The Hall–Kier alpha value is -3.19. The van der Waals surface area contributed by atoms with Crippen molar-refractivity contribution < 1.29 is 13.5 Å². The second kappa shape index (κ2) is 7.57. The minimum atomic E-state index is -0.650. The summed E-state index contributed by atoms with van der Waals surface area (Å²) in [7, 11) is 0. The zero-order valence-electron chi connectivity index (χ0n) is 16.5. The highest BCUT2D eigenvalue weighted by Crippen LogP contribution is 2.36. The Kier molecular flexibility index (Phi) is 4.75. The van der Waals surface area contributed by atoms with Crippen LogP contribution in [0.15, 0.2) is 48.8 Å². The Balaban J connectivity index is 1.75. The summed E-state index contributed by atoms with van der Waals surface area (Å²) in [6.45, 7) is 2.57. The van der Waals surface area contributed by atoms with Crippen molar-refractivity contribution in [2.45, 2.75) is 32.4 Å². The summed E-state index contributed by atoms with van der Waals surface area (Å²) in [5, 5.41) is 5.61. The Morgan fingerprint density at radius 3 is 2.60 bits per heavy atom. The summed E-state index contributed by atoms with van der Waals surface area (Å²) in [5.41, 5.74) is 3.87. The lowest BCUT2D eigenvalue weighted by atomic mass is 10.0. The molecule has 1 fully saturated rings. The molecule has 1 saturated heterocycles. The Labute approximate surface area is 172 Å². The lowest BCUT2D eigenvalue weighted by Crippen LogP contribution is -2.19. The van der Waals surface area contributed by atoms with Gasteiger partial charge in [-0.25, -0.2) is 14.1 Å². The smallest absolute Gasteiger partial charge is 0.213 e. The van der Waals surface area contributed by atoms with Crippen molar-refractivity contribution in [2.24, 2.45) is 0 Å². The molecule has 0 spiro atoms. The number of pyridine rings is 2. The number of rotatable bonds is 3. The molecule has 1 unspecified atom stereocenters. The van der Waals surface area contributed by atoms with Crippen LogP contribution in [0.4, 0.5) is 8.78 Å². The van der Waals surface area contributed by atoms with Crippen LogP contribution >= 0.6 is 0 Å². The van der Waals surface area contributed by atoms with Gasteiger partial charge >= 0.3 is 0 Å². The van der Waals surface area contributed by atoms with E-state index in [2.05, 4.69) is 9.97 Å². The highest BCUT2D eigenvalue weighted by Gasteiger charge is 2.23. The average Bonchev–Trinajstić information content (AvgIpc) is 3.12. The molecule has 0 saturated carbocycles. The Morgan fingerprint density at radius 2 is 1.83 bits per heavy atom. The van der Waals surface area contributed by atoms with Crippen LogP contribution in [0.3, 0.4) is 0 Å². The maximum absolute atomic E-state index is 15.1. The van der Waals surface area contributed by atoms with Gasteiger partial charge in [0.1, 0.15) is 11.5 Å². The van der Waals surface area contributed by atoms with Crippen LogP contribution in [0, 0.1) is 18.7 Å². The molecule has 0 radical (unpaired) electrons. The first-order valence-electron chi connectivity index (χ1n) is 9.98. The maximum atomic E-state index is 15.1. The van der Waals surface area contributed by atoms with Crippen molar-refractivity contribution >= 4 is 10.9 Å². The molecule has 4 heterocycles. The quantitative estimate of drug-likeness (QED) is 0.425. The van der Waals surface area contributed by atoms with Crippen molar-refractivity contribution in [3.05, 3.63) is 66.3 Å². The van der Waals surface area contributed by atoms with Crippen LogP contribution in [-0.2, 0) is 4.74 Å². The van der Waals surface area contributed by atoms with E-state index in [1.807, 2.05) is 19.1 Å². The first-order valence-corrected chi connectivity index (χ1v) is 9.98. The van der Waals surface area contributed by atoms with Crippen molar-refractivity contribution in [3.63, 3.8) is 0 Å². The molecule has 0 aliphatic carbocycles. The van der Waals surface area contributed by atoms with Gasteiger partial charge in [-0.15, -0.1) is 0 Å². The summed E-state index contributed by atoms with van der Waals surface area (Å²) in [6.07, 6.45) is 5.70. The van der Waals surface area contributed by atoms with Gasteiger partial charge in [-0.3, -0.25) is 4.98 Å². The van der Waals surface area contributed by atoms with Crippen LogP contribution in [0.5, 0.6) is 0 Å². The molecule has 0 amide bonds. The largest absolute Gasteiger partial charge is 0.356 e. The van der Waals surface area contributed by atoms with E-state index < -0.39 is 11.8 Å². The fraction of sp³-hybridized carbons (Fsp3) is 0.261. The molecule has 1 aliphatic heterocycles. The lowest BCUT2D eigenvalue weighted by Gasteiger charge is -2.23. The second-order valence-corrected chi connectivity index (χ2v) is 7.52. The van der Waals surface area contributed by atoms with E-state index in [9.17, 15) is 4.39 Å². The summed E-state index contributed by atoms with van der Waals surface area (Å²) < 4.78 is 36.5. The summed E-state index contributed by atoms with van der Waals surface area (Å²) in [4.78, 5) is 7.83. The molecular formula is C23H20F2N4O. The highest BCUT2D eigenvalue weighted by molar-refractivity contribution is 5.96. The van der Waals surface area contributed by atoms with Gasteiger partial charge in [0.15, 0.2) is 6.23 Å². The number of hydrogen-bond acceptors (Lipinski definition) is 4. The van der Waals surface area contributed by atoms with E-state index in [0.717, 1.165) is 41.6 Å². The van der Waals surface area contributed by atoms with Gasteiger partial charge in [-0.2, -0.15) is 9.49 Å². The van der Waals surface area contributed by atoms with Crippen molar-refractivity contribution in [2.75, 3.05) is 6.61 Å².